The van der Waals surface area contributed by atoms with Crippen LogP contribution in [0.2, 0.25) is 0 Å². The van der Waals surface area contributed by atoms with Crippen LogP contribution in [0, 0.1) is 0 Å². The maximum atomic E-state index is 12.7. The maximum absolute atomic E-state index is 12.7. The van der Waals surface area contributed by atoms with E-state index in [0.717, 1.165) is 0 Å². The monoisotopic (exact) mass is 456 g/mol. The molecule has 2 saturated heterocycles. The summed E-state index contributed by atoms with van der Waals surface area (Å²) in [5, 5.41) is 44.4. The van der Waals surface area contributed by atoms with Gasteiger partial charge in [0, 0.05) is 60.9 Å². The lowest BCUT2D eigenvalue weighted by Crippen LogP contribution is -2.67. The number of carbonyl (C=O) groups is 2. The molecular weight excluding hydrogens is 412 g/mol. The Kier molecular flexibility index (Phi) is 7.17. The molecule has 0 aromatic rings. The number of aliphatic hydroxyl groups excluding tert-OH is 1. The molecule has 7 N–H and O–H groups in total. The Balaban J connectivity index is 1.90. The summed E-state index contributed by atoms with van der Waals surface area (Å²) >= 11 is 0. The van der Waals surface area contributed by atoms with Gasteiger partial charge in [-0.3, -0.25) is 9.59 Å². The van der Waals surface area contributed by atoms with Gasteiger partial charge in [-0.05, 0) is 55.4 Å². The van der Waals surface area contributed by atoms with Crippen molar-refractivity contribution in [1.82, 2.24) is 21.3 Å². The lowest BCUT2D eigenvalue weighted by molar-refractivity contribution is -0.151. The second-order valence-corrected chi connectivity index (χ2v) is 12.6. The van der Waals surface area contributed by atoms with Crippen molar-refractivity contribution in [3.63, 3.8) is 0 Å². The van der Waals surface area contributed by atoms with Gasteiger partial charge >= 0.3 is 0 Å². The molecule has 2 aliphatic rings. The summed E-state index contributed by atoms with van der Waals surface area (Å²) in [6.45, 7) is 15.2. The zero-order valence-corrected chi connectivity index (χ0v) is 21.0. The number of rotatable bonds is 6. The van der Waals surface area contributed by atoms with Crippen molar-refractivity contribution in [3.8, 4) is 0 Å². The Bertz CT molecular complexity index is 640. The van der Waals surface area contributed by atoms with Crippen molar-refractivity contribution in [2.45, 2.75) is 121 Å². The number of hydrogen-bond donors (Lipinski definition) is 7. The van der Waals surface area contributed by atoms with E-state index in [1.807, 2.05) is 55.4 Å². The lowest BCUT2D eigenvalue weighted by atomic mass is 9.72. The Labute approximate surface area is 192 Å². The van der Waals surface area contributed by atoms with Crippen molar-refractivity contribution >= 4 is 11.8 Å². The third kappa shape index (κ3) is 6.87. The van der Waals surface area contributed by atoms with Crippen LogP contribution in [0.4, 0.5) is 0 Å². The van der Waals surface area contributed by atoms with Gasteiger partial charge in [0.1, 0.15) is 11.2 Å². The third-order valence-corrected chi connectivity index (χ3v) is 6.13. The van der Waals surface area contributed by atoms with Crippen LogP contribution in [0.3, 0.4) is 0 Å². The summed E-state index contributed by atoms with van der Waals surface area (Å²) in [6.07, 6.45) is -0.0759. The Morgan fingerprint density at radius 3 is 1.19 bits per heavy atom. The van der Waals surface area contributed by atoms with Crippen molar-refractivity contribution in [2.24, 2.45) is 0 Å². The number of piperidine rings is 2. The highest BCUT2D eigenvalue weighted by Crippen LogP contribution is 2.37. The first-order valence-electron chi connectivity index (χ1n) is 11.5. The molecular formula is C23H44N4O5. The van der Waals surface area contributed by atoms with Crippen LogP contribution in [0.1, 0.15) is 81.1 Å². The van der Waals surface area contributed by atoms with Crippen LogP contribution in [-0.4, -0.2) is 79.7 Å². The molecule has 2 rings (SSSR count). The molecule has 0 bridgehead atoms. The molecule has 186 valence electrons. The van der Waals surface area contributed by atoms with Crippen LogP contribution < -0.4 is 21.3 Å². The molecule has 2 amide bonds. The molecule has 0 aromatic carbocycles. The summed E-state index contributed by atoms with van der Waals surface area (Å²) in [5.41, 5.74) is -4.80. The van der Waals surface area contributed by atoms with Gasteiger partial charge in [0.15, 0.2) is 0 Å². The summed E-state index contributed by atoms with van der Waals surface area (Å²) in [7, 11) is 0. The average Bonchev–Trinajstić information content (AvgIpc) is 2.50. The zero-order valence-electron chi connectivity index (χ0n) is 21.0. The van der Waals surface area contributed by atoms with Crippen LogP contribution >= 0.6 is 0 Å². The number of nitrogens with one attached hydrogen (secondary N) is 4. The zero-order chi connectivity index (χ0) is 24.8. The van der Waals surface area contributed by atoms with Crippen LogP contribution in [0.15, 0.2) is 0 Å². The molecule has 0 aromatic heterocycles. The summed E-state index contributed by atoms with van der Waals surface area (Å²) < 4.78 is 0. The predicted molar refractivity (Wildman–Crippen MR) is 123 cm³/mol. The smallest absolute Gasteiger partial charge is 0.252 e. The normalized spacial score (nSPS) is 26.9. The number of carbonyl (C=O) groups excluding carboxylic acids is 2. The van der Waals surface area contributed by atoms with E-state index in [9.17, 15) is 24.9 Å². The highest BCUT2D eigenvalue weighted by molar-refractivity contribution is 5.86. The standard InChI is InChI=1S/C23H44N4O5/c1-18(2)11-22(31,12-19(3,4)26-18)16(29)24-9-15(28)10-25-17(30)23(32)13-20(5,6)27-21(7,8)14-23/h15,26-28,31-32H,9-14H2,1-8H3,(H,24,29)(H,25,30). The molecule has 32 heavy (non-hydrogen) atoms. The van der Waals surface area contributed by atoms with E-state index in [1.165, 1.54) is 0 Å². The molecule has 9 heteroatoms. The molecule has 0 radical (unpaired) electrons. The van der Waals surface area contributed by atoms with Crippen LogP contribution in [0.25, 0.3) is 0 Å². The number of amides is 2. The number of hydrogen-bond acceptors (Lipinski definition) is 7. The fourth-order valence-corrected chi connectivity index (χ4v) is 6.20. The molecule has 2 heterocycles. The first kappa shape index (κ1) is 27.0. The van der Waals surface area contributed by atoms with Crippen molar-refractivity contribution in [1.29, 1.82) is 0 Å². The highest BCUT2D eigenvalue weighted by atomic mass is 16.3. The van der Waals surface area contributed by atoms with Crippen molar-refractivity contribution in [2.75, 3.05) is 13.1 Å². The molecule has 2 aliphatic heterocycles. The van der Waals surface area contributed by atoms with E-state index in [0.29, 0.717) is 0 Å². The minimum atomic E-state index is -1.55. The quantitative estimate of drug-likeness (QED) is 0.296. The molecule has 2 fully saturated rings. The molecule has 0 saturated carbocycles. The largest absolute Gasteiger partial charge is 0.389 e. The maximum Gasteiger partial charge on any atom is 0.252 e. The Hall–Kier alpha value is -1.26. The summed E-state index contributed by atoms with van der Waals surface area (Å²) in [6, 6.07) is 0. The topological polar surface area (TPSA) is 143 Å². The van der Waals surface area contributed by atoms with Gasteiger partial charge in [0.25, 0.3) is 11.8 Å². The lowest BCUT2D eigenvalue weighted by Gasteiger charge is -2.49. The molecule has 0 unspecified atom stereocenters. The van der Waals surface area contributed by atoms with Gasteiger partial charge < -0.3 is 36.6 Å². The fraction of sp³-hybridized carbons (Fsp3) is 0.913. The molecule has 0 spiro atoms. The van der Waals surface area contributed by atoms with Gasteiger partial charge in [-0.25, -0.2) is 0 Å². The SMILES string of the molecule is CC1(C)CC(O)(C(=O)NCC(O)CNC(=O)C2(O)CC(C)(C)NC(C)(C)C2)CC(C)(C)N1. The van der Waals surface area contributed by atoms with Crippen LogP contribution in [-0.2, 0) is 9.59 Å². The third-order valence-electron chi connectivity index (χ3n) is 6.13. The average molecular weight is 457 g/mol. The minimum absolute atomic E-state index is 0.118. The summed E-state index contributed by atoms with van der Waals surface area (Å²) in [4.78, 5) is 25.5. The Morgan fingerprint density at radius 1 is 0.688 bits per heavy atom. The Morgan fingerprint density at radius 2 is 0.938 bits per heavy atom. The second kappa shape index (κ2) is 8.51. The van der Waals surface area contributed by atoms with Gasteiger partial charge in [0.05, 0.1) is 6.10 Å². The highest BCUT2D eigenvalue weighted by Gasteiger charge is 2.51. The van der Waals surface area contributed by atoms with Gasteiger partial charge in [0.2, 0.25) is 0 Å². The molecule has 9 nitrogen and oxygen atoms in total. The molecule has 0 atom stereocenters. The van der Waals surface area contributed by atoms with Gasteiger partial charge in [-0.15, -0.1) is 0 Å². The van der Waals surface area contributed by atoms with E-state index in [-0.39, 0.29) is 38.8 Å². The van der Waals surface area contributed by atoms with Gasteiger partial charge in [-0.1, -0.05) is 0 Å². The van der Waals surface area contributed by atoms with E-state index in [1.54, 1.807) is 0 Å². The van der Waals surface area contributed by atoms with E-state index >= 15 is 0 Å². The number of aliphatic hydroxyl groups is 3. The van der Waals surface area contributed by atoms with E-state index < -0.39 is 51.3 Å². The second-order valence-electron chi connectivity index (χ2n) is 12.6. The first-order valence-corrected chi connectivity index (χ1v) is 11.5. The predicted octanol–water partition coefficient (Wildman–Crippen LogP) is -0.0769. The minimum Gasteiger partial charge on any atom is -0.389 e. The van der Waals surface area contributed by atoms with Gasteiger partial charge in [-0.2, -0.15) is 0 Å². The molecule has 0 aliphatic carbocycles. The summed E-state index contributed by atoms with van der Waals surface area (Å²) in [5.74, 6) is -1.07. The van der Waals surface area contributed by atoms with E-state index in [2.05, 4.69) is 21.3 Å². The van der Waals surface area contributed by atoms with Crippen LogP contribution in [0.5, 0.6) is 0 Å². The fourth-order valence-electron chi connectivity index (χ4n) is 6.20. The first-order chi connectivity index (χ1) is 14.2. The van der Waals surface area contributed by atoms with Crippen molar-refractivity contribution in [3.05, 3.63) is 0 Å². The van der Waals surface area contributed by atoms with E-state index in [4.69, 9.17) is 0 Å². The van der Waals surface area contributed by atoms with Crippen molar-refractivity contribution < 1.29 is 24.9 Å².